The number of nitrogens with one attached hydrogen (secondary N) is 2. The van der Waals surface area contributed by atoms with Crippen LogP contribution in [-0.4, -0.2) is 16.0 Å². The number of pyridine rings is 1. The molecule has 0 atom stereocenters. The van der Waals surface area contributed by atoms with Crippen molar-refractivity contribution in [3.8, 4) is 5.75 Å². The molecule has 0 aliphatic heterocycles. The summed E-state index contributed by atoms with van der Waals surface area (Å²) in [6.45, 7) is 5.44. The highest BCUT2D eigenvalue weighted by Gasteiger charge is 2.14. The number of hydrogen-bond donors (Lipinski definition) is 3. The van der Waals surface area contributed by atoms with Gasteiger partial charge >= 0.3 is 0 Å². The van der Waals surface area contributed by atoms with Crippen LogP contribution >= 0.6 is 15.9 Å². The summed E-state index contributed by atoms with van der Waals surface area (Å²) in [4.78, 5) is 26.9. The second kappa shape index (κ2) is 6.36. The van der Waals surface area contributed by atoms with E-state index >= 15 is 0 Å². The lowest BCUT2D eigenvalue weighted by Crippen LogP contribution is -2.28. The molecule has 2 aromatic rings. The first-order valence-electron chi connectivity index (χ1n) is 6.76. The highest BCUT2D eigenvalue weighted by molar-refractivity contribution is 9.10. The zero-order valence-electron chi connectivity index (χ0n) is 12.6. The molecule has 0 saturated carbocycles. The first-order chi connectivity index (χ1) is 10.3. The van der Waals surface area contributed by atoms with Crippen LogP contribution in [0, 0.1) is 20.8 Å². The Morgan fingerprint density at radius 3 is 2.59 bits per heavy atom. The molecule has 1 aromatic heterocycles. The molecule has 1 heterocycles. The van der Waals surface area contributed by atoms with E-state index in [2.05, 4.69) is 26.2 Å². The predicted molar refractivity (Wildman–Crippen MR) is 88.3 cm³/mol. The predicted octanol–water partition coefficient (Wildman–Crippen LogP) is 2.70. The van der Waals surface area contributed by atoms with Gasteiger partial charge in [0.25, 0.3) is 11.5 Å². The van der Waals surface area contributed by atoms with Crippen molar-refractivity contribution in [2.24, 2.45) is 0 Å². The van der Waals surface area contributed by atoms with E-state index in [1.54, 1.807) is 13.0 Å². The Balaban J connectivity index is 2.23. The number of amides is 1. The van der Waals surface area contributed by atoms with E-state index in [1.807, 2.05) is 19.9 Å². The van der Waals surface area contributed by atoms with Gasteiger partial charge in [0.15, 0.2) is 0 Å². The van der Waals surface area contributed by atoms with Crippen molar-refractivity contribution in [2.75, 3.05) is 0 Å². The highest BCUT2D eigenvalue weighted by atomic mass is 79.9. The number of carbonyl (C=O) groups is 1. The van der Waals surface area contributed by atoms with Crippen LogP contribution in [0.4, 0.5) is 0 Å². The topological polar surface area (TPSA) is 82.2 Å². The number of aromatic nitrogens is 1. The molecule has 0 unspecified atom stereocenters. The Bertz CT molecular complexity index is 797. The smallest absolute Gasteiger partial charge is 0.253 e. The van der Waals surface area contributed by atoms with Crippen molar-refractivity contribution in [1.82, 2.24) is 10.3 Å². The number of rotatable bonds is 3. The van der Waals surface area contributed by atoms with Crippen LogP contribution in [0.5, 0.6) is 5.75 Å². The minimum absolute atomic E-state index is 0.0453. The van der Waals surface area contributed by atoms with Gasteiger partial charge in [0.2, 0.25) is 0 Å². The summed E-state index contributed by atoms with van der Waals surface area (Å²) < 4.78 is 0.616. The van der Waals surface area contributed by atoms with Gasteiger partial charge in [-0.1, -0.05) is 15.9 Å². The van der Waals surface area contributed by atoms with Gasteiger partial charge < -0.3 is 15.4 Å². The minimum Gasteiger partial charge on any atom is -0.508 e. The van der Waals surface area contributed by atoms with Gasteiger partial charge in [-0.05, 0) is 44.5 Å². The lowest BCUT2D eigenvalue weighted by atomic mass is 10.1. The van der Waals surface area contributed by atoms with E-state index in [9.17, 15) is 14.7 Å². The number of benzene rings is 1. The van der Waals surface area contributed by atoms with Crippen molar-refractivity contribution < 1.29 is 9.90 Å². The molecule has 1 aromatic carbocycles. The number of aromatic hydroxyl groups is 1. The number of phenolic OH excluding ortho intramolecular Hbond substituents is 1. The van der Waals surface area contributed by atoms with Gasteiger partial charge in [-0.25, -0.2) is 0 Å². The molecule has 6 heteroatoms. The lowest BCUT2D eigenvalue weighted by molar-refractivity contribution is 0.0949. The van der Waals surface area contributed by atoms with E-state index < -0.39 is 0 Å². The largest absolute Gasteiger partial charge is 0.508 e. The first kappa shape index (κ1) is 16.3. The Kier molecular flexibility index (Phi) is 4.71. The molecule has 0 aliphatic rings. The third-order valence-corrected chi connectivity index (χ3v) is 3.97. The molecule has 1 amide bonds. The van der Waals surface area contributed by atoms with Crippen LogP contribution in [-0.2, 0) is 6.54 Å². The summed E-state index contributed by atoms with van der Waals surface area (Å²) in [5.41, 5.74) is 2.80. The van der Waals surface area contributed by atoms with Crippen LogP contribution in [0.25, 0.3) is 0 Å². The summed E-state index contributed by atoms with van der Waals surface area (Å²) in [5.74, 6) is -0.294. The van der Waals surface area contributed by atoms with E-state index in [0.717, 1.165) is 11.3 Å². The number of phenols is 1. The van der Waals surface area contributed by atoms with Gasteiger partial charge in [0.1, 0.15) is 5.75 Å². The average molecular weight is 365 g/mol. The molecule has 5 nitrogen and oxygen atoms in total. The van der Waals surface area contributed by atoms with Crippen LogP contribution in [0.1, 0.15) is 32.7 Å². The van der Waals surface area contributed by atoms with Gasteiger partial charge in [0.05, 0.1) is 0 Å². The minimum atomic E-state index is -0.339. The normalized spacial score (nSPS) is 10.5. The highest BCUT2D eigenvalue weighted by Crippen LogP contribution is 2.25. The molecule has 3 N–H and O–H groups in total. The molecule has 2 rings (SSSR count). The molecule has 0 spiro atoms. The average Bonchev–Trinajstić information content (AvgIpc) is 2.41. The summed E-state index contributed by atoms with van der Waals surface area (Å²) in [6.07, 6.45) is 0. The summed E-state index contributed by atoms with van der Waals surface area (Å²) in [5, 5.41) is 12.5. The monoisotopic (exact) mass is 364 g/mol. The number of carbonyl (C=O) groups excluding carboxylic acids is 1. The summed E-state index contributed by atoms with van der Waals surface area (Å²) in [6, 6.07) is 5.02. The molecular weight excluding hydrogens is 348 g/mol. The fraction of sp³-hybridized carbons (Fsp3) is 0.250. The van der Waals surface area contributed by atoms with Crippen LogP contribution in [0.3, 0.4) is 0 Å². The molecule has 0 saturated heterocycles. The number of halogens is 1. The Labute approximate surface area is 136 Å². The van der Waals surface area contributed by atoms with Crippen molar-refractivity contribution in [3.05, 3.63) is 61.0 Å². The Morgan fingerprint density at radius 2 is 1.95 bits per heavy atom. The fourth-order valence-corrected chi connectivity index (χ4v) is 2.71. The molecular formula is C16H17BrN2O3. The summed E-state index contributed by atoms with van der Waals surface area (Å²) in [7, 11) is 0. The van der Waals surface area contributed by atoms with Crippen LogP contribution in [0.15, 0.2) is 27.5 Å². The molecule has 0 fully saturated rings. The van der Waals surface area contributed by atoms with Gasteiger partial charge in [-0.2, -0.15) is 0 Å². The number of hydrogen-bond acceptors (Lipinski definition) is 3. The second-order valence-corrected chi connectivity index (χ2v) is 6.14. The second-order valence-electron chi connectivity index (χ2n) is 5.22. The van der Waals surface area contributed by atoms with E-state index in [-0.39, 0.29) is 23.8 Å². The van der Waals surface area contributed by atoms with Crippen molar-refractivity contribution in [3.63, 3.8) is 0 Å². The lowest BCUT2D eigenvalue weighted by Gasteiger charge is -2.11. The van der Waals surface area contributed by atoms with Gasteiger partial charge in [-0.3, -0.25) is 9.59 Å². The fourth-order valence-electron chi connectivity index (χ4n) is 2.27. The van der Waals surface area contributed by atoms with E-state index in [1.165, 1.54) is 6.07 Å². The van der Waals surface area contributed by atoms with E-state index in [0.29, 0.717) is 21.2 Å². The maximum atomic E-state index is 12.3. The Morgan fingerprint density at radius 1 is 1.27 bits per heavy atom. The molecule has 0 bridgehead atoms. The first-order valence-corrected chi connectivity index (χ1v) is 7.55. The third-order valence-electron chi connectivity index (χ3n) is 3.51. The van der Waals surface area contributed by atoms with Crippen LogP contribution < -0.4 is 10.9 Å². The molecule has 0 radical (unpaired) electrons. The number of H-pyrrole nitrogens is 1. The zero-order chi connectivity index (χ0) is 16.4. The number of aromatic amines is 1. The third kappa shape index (κ3) is 3.39. The van der Waals surface area contributed by atoms with E-state index in [4.69, 9.17) is 0 Å². The van der Waals surface area contributed by atoms with Crippen LogP contribution in [0.2, 0.25) is 0 Å². The maximum absolute atomic E-state index is 12.3. The molecule has 116 valence electrons. The van der Waals surface area contributed by atoms with Crippen molar-refractivity contribution >= 4 is 21.8 Å². The van der Waals surface area contributed by atoms with Crippen molar-refractivity contribution in [2.45, 2.75) is 27.3 Å². The molecule has 22 heavy (non-hydrogen) atoms. The van der Waals surface area contributed by atoms with Crippen molar-refractivity contribution in [1.29, 1.82) is 0 Å². The SMILES string of the molecule is Cc1cc(C)c(CNC(=O)c2cc(Br)cc(O)c2C)c(=O)[nH]1. The molecule has 0 aliphatic carbocycles. The number of aryl methyl sites for hydroxylation is 2. The van der Waals surface area contributed by atoms with Gasteiger partial charge in [-0.15, -0.1) is 0 Å². The quantitative estimate of drug-likeness (QED) is 0.782. The van der Waals surface area contributed by atoms with Gasteiger partial charge in [0, 0.05) is 33.4 Å². The summed E-state index contributed by atoms with van der Waals surface area (Å²) >= 11 is 3.25. The Hall–Kier alpha value is -2.08. The maximum Gasteiger partial charge on any atom is 0.253 e. The zero-order valence-corrected chi connectivity index (χ0v) is 14.2. The standard InChI is InChI=1S/C16H17BrN2O3/c1-8-4-9(2)19-16(22)13(8)7-18-15(21)12-5-11(17)6-14(20)10(12)3/h4-6,20H,7H2,1-3H3,(H,18,21)(H,19,22).